The largest absolute Gasteiger partial charge is 0.407 e. The van der Waals surface area contributed by atoms with Gasteiger partial charge >= 0.3 is 6.01 Å². The van der Waals surface area contributed by atoms with Crippen molar-refractivity contribution < 1.29 is 9.21 Å². The molecule has 6 nitrogen and oxygen atoms in total. The van der Waals surface area contributed by atoms with E-state index < -0.39 is 0 Å². The molecule has 7 heteroatoms. The SMILES string of the molecule is O=C1NCCCC1Nc1nnc(CCl)o1. The summed E-state index contributed by atoms with van der Waals surface area (Å²) >= 11 is 5.51. The van der Waals surface area contributed by atoms with Crippen LogP contribution in [-0.2, 0) is 10.7 Å². The second kappa shape index (κ2) is 4.48. The van der Waals surface area contributed by atoms with Crippen molar-refractivity contribution in [2.24, 2.45) is 0 Å². The van der Waals surface area contributed by atoms with Gasteiger partial charge in [-0.2, -0.15) is 0 Å². The van der Waals surface area contributed by atoms with Crippen LogP contribution in [0.1, 0.15) is 18.7 Å². The van der Waals surface area contributed by atoms with Gasteiger partial charge in [-0.3, -0.25) is 4.79 Å². The fraction of sp³-hybridized carbons (Fsp3) is 0.625. The van der Waals surface area contributed by atoms with Gasteiger partial charge in [0.05, 0.1) is 0 Å². The predicted molar refractivity (Wildman–Crippen MR) is 53.5 cm³/mol. The highest BCUT2D eigenvalue weighted by Gasteiger charge is 2.23. The predicted octanol–water partition coefficient (Wildman–Crippen LogP) is 0.499. The number of anilines is 1. The molecule has 1 unspecified atom stereocenters. The Morgan fingerprint density at radius 2 is 2.47 bits per heavy atom. The molecule has 1 aromatic rings. The lowest BCUT2D eigenvalue weighted by Gasteiger charge is -2.21. The van der Waals surface area contributed by atoms with Crippen LogP contribution in [0.4, 0.5) is 6.01 Å². The molecule has 15 heavy (non-hydrogen) atoms. The van der Waals surface area contributed by atoms with E-state index in [4.69, 9.17) is 16.0 Å². The normalized spacial score (nSPS) is 21.1. The third-order valence-corrected chi connectivity index (χ3v) is 2.39. The highest BCUT2D eigenvalue weighted by Crippen LogP contribution is 2.12. The number of carbonyl (C=O) groups excluding carboxylic acids is 1. The summed E-state index contributed by atoms with van der Waals surface area (Å²) in [5.41, 5.74) is 0. The summed E-state index contributed by atoms with van der Waals surface area (Å²) in [5, 5.41) is 13.0. The van der Waals surface area contributed by atoms with Crippen molar-refractivity contribution in [3.63, 3.8) is 0 Å². The van der Waals surface area contributed by atoms with Crippen LogP contribution in [0.2, 0.25) is 0 Å². The number of aromatic nitrogens is 2. The fourth-order valence-corrected chi connectivity index (χ4v) is 1.53. The van der Waals surface area contributed by atoms with Crippen molar-refractivity contribution in [3.05, 3.63) is 5.89 Å². The van der Waals surface area contributed by atoms with Crippen LogP contribution in [0.5, 0.6) is 0 Å². The minimum absolute atomic E-state index is 0.0353. The lowest BCUT2D eigenvalue weighted by Crippen LogP contribution is -2.44. The first kappa shape index (κ1) is 10.2. The van der Waals surface area contributed by atoms with Gasteiger partial charge in [0.1, 0.15) is 11.9 Å². The number of hydrogen-bond acceptors (Lipinski definition) is 5. The highest BCUT2D eigenvalue weighted by atomic mass is 35.5. The molecule has 0 spiro atoms. The zero-order chi connectivity index (χ0) is 10.7. The van der Waals surface area contributed by atoms with Gasteiger partial charge in [0.15, 0.2) is 0 Å². The fourth-order valence-electron chi connectivity index (χ4n) is 1.42. The second-order valence-electron chi connectivity index (χ2n) is 3.26. The maximum atomic E-state index is 11.4. The Labute approximate surface area is 91.4 Å². The number of hydrogen-bond donors (Lipinski definition) is 2. The zero-order valence-corrected chi connectivity index (χ0v) is 8.75. The molecule has 1 aliphatic rings. The number of halogens is 1. The van der Waals surface area contributed by atoms with Gasteiger partial charge in [0, 0.05) is 6.54 Å². The average molecular weight is 231 g/mol. The summed E-state index contributed by atoms with van der Waals surface area (Å²) in [7, 11) is 0. The Balaban J connectivity index is 1.98. The van der Waals surface area contributed by atoms with Crippen LogP contribution in [0.15, 0.2) is 4.42 Å². The van der Waals surface area contributed by atoms with E-state index in [2.05, 4.69) is 20.8 Å². The number of amides is 1. The molecular formula is C8H11ClN4O2. The Hall–Kier alpha value is -1.30. The third-order valence-electron chi connectivity index (χ3n) is 2.16. The van der Waals surface area contributed by atoms with Crippen molar-refractivity contribution in [2.75, 3.05) is 11.9 Å². The summed E-state index contributed by atoms with van der Waals surface area (Å²) in [6.07, 6.45) is 1.71. The van der Waals surface area contributed by atoms with Crippen LogP contribution in [0.3, 0.4) is 0 Å². The van der Waals surface area contributed by atoms with E-state index in [1.165, 1.54) is 0 Å². The molecule has 0 aromatic carbocycles. The minimum atomic E-state index is -0.289. The van der Waals surface area contributed by atoms with Crippen LogP contribution in [0, 0.1) is 0 Å². The molecule has 2 N–H and O–H groups in total. The van der Waals surface area contributed by atoms with Crippen molar-refractivity contribution >= 4 is 23.5 Å². The van der Waals surface area contributed by atoms with Crippen LogP contribution in [0.25, 0.3) is 0 Å². The second-order valence-corrected chi connectivity index (χ2v) is 3.53. The summed E-state index contributed by atoms with van der Waals surface area (Å²) in [6, 6.07) is -0.0462. The summed E-state index contributed by atoms with van der Waals surface area (Å²) in [5.74, 6) is 0.480. The van der Waals surface area contributed by atoms with Gasteiger partial charge < -0.3 is 15.1 Å². The van der Waals surface area contributed by atoms with Crippen molar-refractivity contribution in [2.45, 2.75) is 24.8 Å². The number of piperidine rings is 1. The number of carbonyl (C=O) groups is 1. The number of rotatable bonds is 3. The standard InChI is InChI=1S/C8H11ClN4O2/c9-4-6-12-13-8(15-6)11-5-2-1-3-10-7(5)14/h5H,1-4H2,(H,10,14)(H,11,13). The van der Waals surface area contributed by atoms with Gasteiger partial charge in [-0.1, -0.05) is 5.10 Å². The Morgan fingerprint density at radius 3 is 3.13 bits per heavy atom. The Morgan fingerprint density at radius 1 is 1.60 bits per heavy atom. The molecule has 1 atom stereocenters. The minimum Gasteiger partial charge on any atom is -0.407 e. The van der Waals surface area contributed by atoms with E-state index in [0.29, 0.717) is 5.89 Å². The first-order valence-corrected chi connectivity index (χ1v) is 5.25. The zero-order valence-electron chi connectivity index (χ0n) is 7.99. The van der Waals surface area contributed by atoms with Crippen molar-refractivity contribution in [1.29, 1.82) is 0 Å². The molecule has 0 bridgehead atoms. The molecule has 82 valence electrons. The molecule has 1 saturated heterocycles. The molecule has 0 radical (unpaired) electrons. The van der Waals surface area contributed by atoms with Gasteiger partial charge in [0.25, 0.3) is 0 Å². The lowest BCUT2D eigenvalue weighted by molar-refractivity contribution is -0.123. The molecule has 2 heterocycles. The van der Waals surface area contributed by atoms with Crippen molar-refractivity contribution in [1.82, 2.24) is 15.5 Å². The molecule has 1 aromatic heterocycles. The van der Waals surface area contributed by atoms with Crippen molar-refractivity contribution in [3.8, 4) is 0 Å². The first-order chi connectivity index (χ1) is 7.29. The number of nitrogens with zero attached hydrogens (tertiary/aromatic N) is 2. The van der Waals surface area contributed by atoms with Gasteiger partial charge in [-0.05, 0) is 12.8 Å². The topological polar surface area (TPSA) is 80.0 Å². The van der Waals surface area contributed by atoms with E-state index in [1.54, 1.807) is 0 Å². The highest BCUT2D eigenvalue weighted by molar-refractivity contribution is 6.16. The van der Waals surface area contributed by atoms with Gasteiger partial charge in [0.2, 0.25) is 11.8 Å². The number of alkyl halides is 1. The smallest absolute Gasteiger partial charge is 0.316 e. The Bertz CT molecular complexity index is 354. The van der Waals surface area contributed by atoms with E-state index in [-0.39, 0.29) is 23.8 Å². The quantitative estimate of drug-likeness (QED) is 0.740. The molecule has 0 saturated carbocycles. The number of nitrogens with one attached hydrogen (secondary N) is 2. The van der Waals surface area contributed by atoms with Crippen LogP contribution >= 0.6 is 11.6 Å². The first-order valence-electron chi connectivity index (χ1n) is 4.72. The molecule has 2 rings (SSSR count). The summed E-state index contributed by atoms with van der Waals surface area (Å²) < 4.78 is 5.14. The van der Waals surface area contributed by atoms with E-state index in [1.807, 2.05) is 0 Å². The maximum Gasteiger partial charge on any atom is 0.316 e. The molecule has 1 fully saturated rings. The van der Waals surface area contributed by atoms with Crippen LogP contribution < -0.4 is 10.6 Å². The molecule has 1 amide bonds. The average Bonchev–Trinajstić information content (AvgIpc) is 2.69. The lowest BCUT2D eigenvalue weighted by atomic mass is 10.1. The van der Waals surface area contributed by atoms with E-state index >= 15 is 0 Å². The monoisotopic (exact) mass is 230 g/mol. The Kier molecular flexibility index (Phi) is 3.05. The maximum absolute atomic E-state index is 11.4. The molecule has 1 aliphatic heterocycles. The van der Waals surface area contributed by atoms with E-state index in [9.17, 15) is 4.79 Å². The van der Waals surface area contributed by atoms with E-state index in [0.717, 1.165) is 19.4 Å². The molecule has 0 aliphatic carbocycles. The summed E-state index contributed by atoms with van der Waals surface area (Å²) in [6.45, 7) is 0.730. The third kappa shape index (κ3) is 2.38. The van der Waals surface area contributed by atoms with Crippen LogP contribution in [-0.4, -0.2) is 28.7 Å². The summed E-state index contributed by atoms with van der Waals surface area (Å²) in [4.78, 5) is 11.4. The van der Waals surface area contributed by atoms with Gasteiger partial charge in [-0.25, -0.2) is 0 Å². The molecular weight excluding hydrogens is 220 g/mol. The van der Waals surface area contributed by atoms with Gasteiger partial charge in [-0.15, -0.1) is 16.7 Å².